The summed E-state index contributed by atoms with van der Waals surface area (Å²) in [5.74, 6) is -0.0340. The van der Waals surface area contributed by atoms with Gasteiger partial charge in [-0.05, 0) is 44.2 Å². The third-order valence-electron chi connectivity index (χ3n) is 4.09. The number of carbonyl (C=O) groups is 1. The lowest BCUT2D eigenvalue weighted by Crippen LogP contribution is -2.39. The van der Waals surface area contributed by atoms with Crippen molar-refractivity contribution in [1.82, 2.24) is 4.90 Å². The van der Waals surface area contributed by atoms with Gasteiger partial charge in [-0.15, -0.1) is 11.3 Å². The number of nitrogens with two attached hydrogens (primary N) is 1. The third-order valence-corrected chi connectivity index (χ3v) is 4.92. The molecule has 5 nitrogen and oxygen atoms in total. The van der Waals surface area contributed by atoms with E-state index in [1.807, 2.05) is 5.38 Å². The van der Waals surface area contributed by atoms with E-state index in [2.05, 4.69) is 23.3 Å². The summed E-state index contributed by atoms with van der Waals surface area (Å²) in [7, 11) is 2.07. The first-order valence-electron chi connectivity index (χ1n) is 7.33. The molecule has 0 aromatic carbocycles. The van der Waals surface area contributed by atoms with Gasteiger partial charge in [0.25, 0.3) is 0 Å². The van der Waals surface area contributed by atoms with Gasteiger partial charge in [0.15, 0.2) is 0 Å². The molecule has 1 heterocycles. The first-order chi connectivity index (χ1) is 10.1. The highest BCUT2D eigenvalue weighted by Crippen LogP contribution is 2.23. The number of amides is 1. The molecule has 1 amide bonds. The van der Waals surface area contributed by atoms with Gasteiger partial charge in [0.2, 0.25) is 5.91 Å². The Morgan fingerprint density at radius 1 is 1.52 bits per heavy atom. The zero-order valence-electron chi connectivity index (χ0n) is 12.3. The van der Waals surface area contributed by atoms with Crippen molar-refractivity contribution in [2.24, 2.45) is 5.73 Å². The van der Waals surface area contributed by atoms with Crippen molar-refractivity contribution in [3.63, 3.8) is 0 Å². The van der Waals surface area contributed by atoms with Gasteiger partial charge in [-0.1, -0.05) is 0 Å². The average molecular weight is 306 g/mol. The quantitative estimate of drug-likeness (QED) is 0.873. The zero-order chi connectivity index (χ0) is 15.2. The molecule has 1 fully saturated rings. The van der Waals surface area contributed by atoms with Crippen LogP contribution in [0.2, 0.25) is 0 Å². The molecule has 1 saturated carbocycles. The molecule has 1 aromatic heterocycles. The predicted octanol–water partition coefficient (Wildman–Crippen LogP) is 2.15. The van der Waals surface area contributed by atoms with Crippen molar-refractivity contribution in [3.05, 3.63) is 17.0 Å². The molecule has 2 rings (SSSR count). The molecule has 1 aliphatic rings. The van der Waals surface area contributed by atoms with Crippen LogP contribution in [0.4, 0.5) is 5.00 Å². The van der Waals surface area contributed by atoms with E-state index in [1.165, 1.54) is 11.3 Å². The number of nitrogens with one attached hydrogen (secondary N) is 1. The van der Waals surface area contributed by atoms with Crippen LogP contribution in [-0.2, 0) is 4.79 Å². The van der Waals surface area contributed by atoms with Gasteiger partial charge in [0.05, 0.1) is 5.56 Å². The summed E-state index contributed by atoms with van der Waals surface area (Å²) >= 11 is 1.38. The molecular formula is C15H22N4OS. The maximum atomic E-state index is 12.0. The Labute approximate surface area is 129 Å². The van der Waals surface area contributed by atoms with Crippen molar-refractivity contribution >= 4 is 22.2 Å². The van der Waals surface area contributed by atoms with Crippen LogP contribution in [0.25, 0.3) is 0 Å². The maximum Gasteiger partial charge on any atom is 0.226 e. The normalized spacial score (nSPS) is 22.0. The van der Waals surface area contributed by atoms with Crippen LogP contribution < -0.4 is 11.1 Å². The second kappa shape index (κ2) is 7.55. The molecule has 0 saturated heterocycles. The highest BCUT2D eigenvalue weighted by Gasteiger charge is 2.22. The topological polar surface area (TPSA) is 82.2 Å². The zero-order valence-corrected chi connectivity index (χ0v) is 13.2. The molecule has 1 aliphatic carbocycles. The fraction of sp³-hybridized carbons (Fsp3) is 0.600. The largest absolute Gasteiger partial charge is 0.328 e. The lowest BCUT2D eigenvalue weighted by molar-refractivity contribution is -0.116. The van der Waals surface area contributed by atoms with Crippen LogP contribution in [-0.4, -0.2) is 36.5 Å². The second-order valence-corrected chi connectivity index (χ2v) is 6.54. The van der Waals surface area contributed by atoms with E-state index in [-0.39, 0.29) is 5.91 Å². The minimum absolute atomic E-state index is 0.0340. The van der Waals surface area contributed by atoms with E-state index in [0.29, 0.717) is 29.1 Å². The summed E-state index contributed by atoms with van der Waals surface area (Å²) < 4.78 is 0. The standard InChI is InChI=1S/C15H22N4OS/c1-19(13-4-2-12(17)3-5-13)8-6-14(20)18-15-11(10-16)7-9-21-15/h7,9,12-13H,2-6,8,17H2,1H3,(H,18,20). The number of nitrogens with zero attached hydrogens (tertiary/aromatic N) is 2. The molecule has 0 bridgehead atoms. The Kier molecular flexibility index (Phi) is 5.74. The number of hydrogen-bond donors (Lipinski definition) is 2. The molecule has 0 atom stereocenters. The molecule has 0 aliphatic heterocycles. The van der Waals surface area contributed by atoms with Crippen LogP contribution in [0, 0.1) is 11.3 Å². The van der Waals surface area contributed by atoms with Gasteiger partial charge < -0.3 is 16.0 Å². The van der Waals surface area contributed by atoms with E-state index >= 15 is 0 Å². The van der Waals surface area contributed by atoms with Gasteiger partial charge in [-0.2, -0.15) is 5.26 Å². The summed E-state index contributed by atoms with van der Waals surface area (Å²) in [5.41, 5.74) is 6.45. The summed E-state index contributed by atoms with van der Waals surface area (Å²) in [5, 5.41) is 14.2. The second-order valence-electron chi connectivity index (χ2n) is 5.62. The van der Waals surface area contributed by atoms with E-state index in [0.717, 1.165) is 32.2 Å². The van der Waals surface area contributed by atoms with E-state index in [4.69, 9.17) is 11.0 Å². The molecule has 6 heteroatoms. The number of anilines is 1. The highest BCUT2D eigenvalue weighted by atomic mass is 32.1. The monoisotopic (exact) mass is 306 g/mol. The van der Waals surface area contributed by atoms with Crippen LogP contribution in [0.3, 0.4) is 0 Å². The fourth-order valence-electron chi connectivity index (χ4n) is 2.69. The lowest BCUT2D eigenvalue weighted by atomic mass is 9.91. The van der Waals surface area contributed by atoms with Crippen molar-refractivity contribution in [1.29, 1.82) is 5.26 Å². The molecule has 0 spiro atoms. The first-order valence-corrected chi connectivity index (χ1v) is 8.21. The smallest absolute Gasteiger partial charge is 0.226 e. The molecule has 114 valence electrons. The minimum atomic E-state index is -0.0340. The van der Waals surface area contributed by atoms with Crippen molar-refractivity contribution in [2.75, 3.05) is 18.9 Å². The molecule has 3 N–H and O–H groups in total. The fourth-order valence-corrected chi connectivity index (χ4v) is 3.44. The number of nitriles is 1. The van der Waals surface area contributed by atoms with Crippen molar-refractivity contribution in [3.8, 4) is 6.07 Å². The minimum Gasteiger partial charge on any atom is -0.328 e. The molecule has 1 aromatic rings. The van der Waals surface area contributed by atoms with Gasteiger partial charge in [-0.25, -0.2) is 0 Å². The summed E-state index contributed by atoms with van der Waals surface area (Å²) in [6.45, 7) is 0.735. The highest BCUT2D eigenvalue weighted by molar-refractivity contribution is 7.14. The van der Waals surface area contributed by atoms with Crippen molar-refractivity contribution in [2.45, 2.75) is 44.2 Å². The van der Waals surface area contributed by atoms with E-state index in [9.17, 15) is 4.79 Å². The number of hydrogen-bond acceptors (Lipinski definition) is 5. The summed E-state index contributed by atoms with van der Waals surface area (Å²) in [6.07, 6.45) is 4.82. The SMILES string of the molecule is CN(CCC(=O)Nc1sccc1C#N)C1CCC(N)CC1. The Hall–Kier alpha value is -1.42. The Morgan fingerprint density at radius 3 is 2.90 bits per heavy atom. The molecule has 0 unspecified atom stereocenters. The van der Waals surface area contributed by atoms with Crippen LogP contribution in [0.5, 0.6) is 0 Å². The number of rotatable bonds is 5. The first kappa shape index (κ1) is 16.0. The Morgan fingerprint density at radius 2 is 2.24 bits per heavy atom. The molecular weight excluding hydrogens is 284 g/mol. The van der Waals surface area contributed by atoms with Crippen LogP contribution in [0.15, 0.2) is 11.4 Å². The third kappa shape index (κ3) is 4.53. The number of thiophene rings is 1. The summed E-state index contributed by atoms with van der Waals surface area (Å²) in [6, 6.07) is 4.68. The van der Waals surface area contributed by atoms with E-state index in [1.54, 1.807) is 6.07 Å². The van der Waals surface area contributed by atoms with Gasteiger partial charge in [0, 0.05) is 25.0 Å². The lowest BCUT2D eigenvalue weighted by Gasteiger charge is -2.33. The van der Waals surface area contributed by atoms with E-state index < -0.39 is 0 Å². The number of carbonyl (C=O) groups excluding carboxylic acids is 1. The van der Waals surface area contributed by atoms with Gasteiger partial charge in [0.1, 0.15) is 11.1 Å². The molecule has 0 radical (unpaired) electrons. The van der Waals surface area contributed by atoms with Gasteiger partial charge >= 0.3 is 0 Å². The van der Waals surface area contributed by atoms with Gasteiger partial charge in [-0.3, -0.25) is 4.79 Å². The predicted molar refractivity (Wildman–Crippen MR) is 85.1 cm³/mol. The Bertz CT molecular complexity index is 514. The molecule has 21 heavy (non-hydrogen) atoms. The average Bonchev–Trinajstić information content (AvgIpc) is 2.92. The van der Waals surface area contributed by atoms with Crippen LogP contribution >= 0.6 is 11.3 Å². The summed E-state index contributed by atoms with van der Waals surface area (Å²) in [4.78, 5) is 14.2. The maximum absolute atomic E-state index is 12.0. The Balaban J connectivity index is 1.75. The van der Waals surface area contributed by atoms with Crippen molar-refractivity contribution < 1.29 is 4.79 Å². The van der Waals surface area contributed by atoms with Crippen LogP contribution in [0.1, 0.15) is 37.7 Å².